The Labute approximate surface area is 403 Å². The molecule has 1 nitrogen and oxygen atoms in total. The minimum absolute atomic E-state index is 0.489. The summed E-state index contributed by atoms with van der Waals surface area (Å²) in [5, 5.41) is 0. The van der Waals surface area contributed by atoms with Crippen molar-refractivity contribution in [1.29, 1.82) is 0 Å². The third-order valence-electron chi connectivity index (χ3n) is 15.4. The third kappa shape index (κ3) is 5.65. The average Bonchev–Trinajstić information content (AvgIpc) is 3.89. The van der Waals surface area contributed by atoms with Crippen LogP contribution in [0.15, 0.2) is 273 Å². The first-order chi connectivity index (χ1) is 34.2. The molecule has 0 amide bonds. The Balaban J connectivity index is 0.975. The summed E-state index contributed by atoms with van der Waals surface area (Å²) in [4.78, 5) is 2.44. The summed E-state index contributed by atoms with van der Waals surface area (Å²) in [6.45, 7) is 0. The molecule has 2 spiro atoms. The molecule has 0 aromatic heterocycles. The topological polar surface area (TPSA) is 3.24 Å². The van der Waals surface area contributed by atoms with Gasteiger partial charge in [0.1, 0.15) is 0 Å². The van der Waals surface area contributed by atoms with E-state index in [-0.39, 0.29) is 0 Å². The normalized spacial score (nSPS) is 13.7. The maximum Gasteiger partial charge on any atom is 0.0720 e. The Bertz CT molecular complexity index is 3660. The first kappa shape index (κ1) is 39.4. The van der Waals surface area contributed by atoms with Gasteiger partial charge in [0, 0.05) is 17.1 Å². The quantitative estimate of drug-likeness (QED) is 0.161. The first-order valence-electron chi connectivity index (χ1n) is 24.1. The van der Waals surface area contributed by atoms with E-state index in [1.165, 1.54) is 100 Å². The molecule has 0 saturated heterocycles. The molecule has 0 unspecified atom stereocenters. The minimum atomic E-state index is -0.592. The summed E-state index contributed by atoms with van der Waals surface area (Å²) in [6, 6.07) is 102. The summed E-state index contributed by atoms with van der Waals surface area (Å²) in [5.41, 5.74) is 25.3. The van der Waals surface area contributed by atoms with Gasteiger partial charge in [-0.3, -0.25) is 0 Å². The lowest BCUT2D eigenvalue weighted by Crippen LogP contribution is -2.43. The van der Waals surface area contributed by atoms with Crippen LogP contribution < -0.4 is 4.90 Å². The van der Waals surface area contributed by atoms with Gasteiger partial charge in [0.2, 0.25) is 0 Å². The molecular formula is C68H45N. The number of hydrogen-bond acceptors (Lipinski definition) is 1. The predicted octanol–water partition coefficient (Wildman–Crippen LogP) is 17.2. The van der Waals surface area contributed by atoms with Crippen LogP contribution in [0.3, 0.4) is 0 Å². The van der Waals surface area contributed by atoms with Crippen LogP contribution in [0.1, 0.15) is 44.5 Å². The molecule has 0 heterocycles. The minimum Gasteiger partial charge on any atom is -0.310 e. The molecule has 0 saturated carbocycles. The standard InChI is InChI=1S/C68H45N/c1-3-17-46(18-4-1)48-31-33-49(34-32-48)51-37-41-53(42-38-51)69(52-39-35-50(36-40-52)47-19-5-2-6-20-47)54-43-44-58-57-23-9-12-26-61(57)68(66(58)45-54)64-29-15-13-27-62(64)67(63-28-14-16-30-65(63)68)59-24-10-7-21-55(59)56-22-8-11-25-60(56)67/h1-45H. The number of benzene rings is 11. The number of nitrogens with zero attached hydrogens (tertiary/aromatic N) is 1. The van der Waals surface area contributed by atoms with Gasteiger partial charge in [0.25, 0.3) is 0 Å². The van der Waals surface area contributed by atoms with Gasteiger partial charge in [0.05, 0.1) is 10.8 Å². The molecular weight excluding hydrogens is 831 g/mol. The summed E-state index contributed by atoms with van der Waals surface area (Å²) in [6.07, 6.45) is 0. The highest BCUT2D eigenvalue weighted by atomic mass is 15.1. The van der Waals surface area contributed by atoms with Crippen LogP contribution in [-0.2, 0) is 10.8 Å². The molecule has 14 rings (SSSR count). The Hall–Kier alpha value is -8.78. The molecule has 322 valence electrons. The Morgan fingerprint density at radius 3 is 0.826 bits per heavy atom. The number of fused-ring (bicyclic) bond motifs is 16. The van der Waals surface area contributed by atoms with Crippen LogP contribution in [0.4, 0.5) is 17.1 Å². The van der Waals surface area contributed by atoms with Gasteiger partial charge in [-0.25, -0.2) is 0 Å². The van der Waals surface area contributed by atoms with Crippen molar-refractivity contribution in [2.24, 2.45) is 0 Å². The lowest BCUT2D eigenvalue weighted by atomic mass is 9.52. The lowest BCUT2D eigenvalue weighted by Gasteiger charge is -2.49. The van der Waals surface area contributed by atoms with E-state index in [0.29, 0.717) is 0 Å². The fourth-order valence-electron chi connectivity index (χ4n) is 12.5. The fraction of sp³-hybridized carbons (Fsp3) is 0.0294. The maximum absolute atomic E-state index is 2.51. The SMILES string of the molecule is c1ccc(-c2ccc(-c3ccc(N(c4ccc(-c5ccccc5)cc4)c4ccc5c(c4)C4(c6ccccc6-5)c5ccccc5C5(c6ccccc6-c6ccccc65)c5ccccc54)cc3)cc2)cc1. The summed E-state index contributed by atoms with van der Waals surface area (Å²) in [5.74, 6) is 0. The van der Waals surface area contributed by atoms with Crippen LogP contribution in [0, 0.1) is 0 Å². The molecule has 0 N–H and O–H groups in total. The van der Waals surface area contributed by atoms with Crippen molar-refractivity contribution in [2.45, 2.75) is 10.8 Å². The number of anilines is 3. The molecule has 11 aromatic rings. The smallest absolute Gasteiger partial charge is 0.0720 e. The van der Waals surface area contributed by atoms with E-state index in [0.717, 1.165) is 17.1 Å². The Morgan fingerprint density at radius 2 is 0.449 bits per heavy atom. The second-order valence-electron chi connectivity index (χ2n) is 18.7. The van der Waals surface area contributed by atoms with Gasteiger partial charge in [-0.15, -0.1) is 0 Å². The highest BCUT2D eigenvalue weighted by Gasteiger charge is 2.58. The summed E-state index contributed by atoms with van der Waals surface area (Å²) >= 11 is 0. The maximum atomic E-state index is 2.51. The van der Waals surface area contributed by atoms with E-state index in [4.69, 9.17) is 0 Å². The molecule has 0 fully saturated rings. The zero-order valence-corrected chi connectivity index (χ0v) is 37.9. The van der Waals surface area contributed by atoms with Crippen LogP contribution in [-0.4, -0.2) is 0 Å². The summed E-state index contributed by atoms with van der Waals surface area (Å²) < 4.78 is 0. The molecule has 11 aromatic carbocycles. The zero-order chi connectivity index (χ0) is 45.5. The molecule has 3 aliphatic rings. The Kier molecular flexibility index (Phi) is 8.78. The highest BCUT2D eigenvalue weighted by Crippen LogP contribution is 2.67. The molecule has 69 heavy (non-hydrogen) atoms. The Morgan fingerprint density at radius 1 is 0.188 bits per heavy atom. The number of hydrogen-bond donors (Lipinski definition) is 0. The van der Waals surface area contributed by atoms with E-state index in [9.17, 15) is 0 Å². The van der Waals surface area contributed by atoms with E-state index < -0.39 is 10.8 Å². The van der Waals surface area contributed by atoms with Gasteiger partial charge >= 0.3 is 0 Å². The zero-order valence-electron chi connectivity index (χ0n) is 37.9. The van der Waals surface area contributed by atoms with E-state index >= 15 is 0 Å². The largest absolute Gasteiger partial charge is 0.310 e. The molecule has 0 bridgehead atoms. The predicted molar refractivity (Wildman–Crippen MR) is 286 cm³/mol. The van der Waals surface area contributed by atoms with Crippen molar-refractivity contribution < 1.29 is 0 Å². The first-order valence-corrected chi connectivity index (χ1v) is 24.1. The van der Waals surface area contributed by atoms with Crippen molar-refractivity contribution in [3.8, 4) is 55.6 Å². The average molecular weight is 876 g/mol. The van der Waals surface area contributed by atoms with Crippen molar-refractivity contribution in [3.05, 3.63) is 317 Å². The van der Waals surface area contributed by atoms with Gasteiger partial charge in [-0.2, -0.15) is 0 Å². The molecule has 0 aliphatic heterocycles. The molecule has 0 atom stereocenters. The van der Waals surface area contributed by atoms with Crippen LogP contribution in [0.5, 0.6) is 0 Å². The van der Waals surface area contributed by atoms with E-state index in [2.05, 4.69) is 278 Å². The number of rotatable bonds is 6. The van der Waals surface area contributed by atoms with E-state index in [1.807, 2.05) is 0 Å². The van der Waals surface area contributed by atoms with Crippen LogP contribution >= 0.6 is 0 Å². The summed E-state index contributed by atoms with van der Waals surface area (Å²) in [7, 11) is 0. The van der Waals surface area contributed by atoms with Gasteiger partial charge in [0.15, 0.2) is 0 Å². The van der Waals surface area contributed by atoms with Crippen molar-refractivity contribution >= 4 is 17.1 Å². The van der Waals surface area contributed by atoms with Gasteiger partial charge in [-0.1, -0.05) is 237 Å². The van der Waals surface area contributed by atoms with Crippen LogP contribution in [0.25, 0.3) is 55.6 Å². The molecule has 0 radical (unpaired) electrons. The molecule has 1 heteroatoms. The fourth-order valence-corrected chi connectivity index (χ4v) is 12.5. The monoisotopic (exact) mass is 875 g/mol. The van der Waals surface area contributed by atoms with Crippen molar-refractivity contribution in [1.82, 2.24) is 0 Å². The second-order valence-corrected chi connectivity index (χ2v) is 18.7. The van der Waals surface area contributed by atoms with Crippen molar-refractivity contribution in [2.75, 3.05) is 4.90 Å². The van der Waals surface area contributed by atoms with Crippen molar-refractivity contribution in [3.63, 3.8) is 0 Å². The van der Waals surface area contributed by atoms with Gasteiger partial charge < -0.3 is 4.90 Å². The molecule has 3 aliphatic carbocycles. The van der Waals surface area contributed by atoms with E-state index in [1.54, 1.807) is 0 Å². The lowest BCUT2D eigenvalue weighted by molar-refractivity contribution is 0.633. The second kappa shape index (κ2) is 15.4. The highest BCUT2D eigenvalue weighted by molar-refractivity contribution is 5.95. The van der Waals surface area contributed by atoms with Gasteiger partial charge in [-0.05, 0) is 137 Å². The van der Waals surface area contributed by atoms with Crippen LogP contribution in [0.2, 0.25) is 0 Å². The third-order valence-corrected chi connectivity index (χ3v) is 15.4.